The van der Waals surface area contributed by atoms with E-state index in [9.17, 15) is 37.5 Å². The summed E-state index contributed by atoms with van der Waals surface area (Å²) in [6.07, 6.45) is -0.986. The van der Waals surface area contributed by atoms with Gasteiger partial charge in [0.25, 0.3) is 10.0 Å². The molecule has 13 N–H and O–H groups in total. The lowest BCUT2D eigenvalue weighted by molar-refractivity contribution is -0.158. The van der Waals surface area contributed by atoms with Gasteiger partial charge in [-0.2, -0.15) is 0 Å². The van der Waals surface area contributed by atoms with Crippen molar-refractivity contribution in [2.45, 2.75) is 329 Å². The molecular formula is C112H151ClN14O22S. The summed E-state index contributed by atoms with van der Waals surface area (Å²) in [6, 6.07) is 21.8. The Morgan fingerprint density at radius 1 is 0.547 bits per heavy atom. The van der Waals surface area contributed by atoms with Gasteiger partial charge in [-0.3, -0.25) is 53.1 Å². The summed E-state index contributed by atoms with van der Waals surface area (Å²) >= 11 is 7.15. The first-order valence-electron chi connectivity index (χ1n) is 50.8. The predicted octanol–water partition coefficient (Wildman–Crippen LogP) is 13.9. The number of ether oxygens (including phenoxy) is 6. The minimum Gasteiger partial charge on any atom is -0.488 e. The number of fused-ring (bicyclic) bond motifs is 2. The van der Waals surface area contributed by atoms with E-state index in [0.29, 0.717) is 57.4 Å². The Hall–Kier alpha value is -13.7. The van der Waals surface area contributed by atoms with Crippen LogP contribution in [0.25, 0.3) is 10.9 Å². The molecule has 814 valence electrons. The van der Waals surface area contributed by atoms with Gasteiger partial charge in [-0.25, -0.2) is 32.3 Å². The smallest absolute Gasteiger partial charge is 0.416 e. The molecule has 1 unspecified atom stereocenters. The van der Waals surface area contributed by atoms with Crippen molar-refractivity contribution in [3.05, 3.63) is 225 Å². The normalized spacial score (nSPS) is 16.0. The summed E-state index contributed by atoms with van der Waals surface area (Å²) in [7, 11) is -4.44. The number of carbonyl (C=O) groups is 13. The number of unbranched alkanes of at least 4 members (excludes halogenated alkanes) is 1. The molecule has 1 aliphatic heterocycles. The highest BCUT2D eigenvalue weighted by Gasteiger charge is 2.48. The predicted molar refractivity (Wildman–Crippen MR) is 572 cm³/mol. The molecule has 1 aliphatic carbocycles. The van der Waals surface area contributed by atoms with Crippen molar-refractivity contribution in [3.63, 3.8) is 0 Å². The largest absolute Gasteiger partial charge is 0.488 e. The van der Waals surface area contributed by atoms with Crippen LogP contribution in [0.1, 0.15) is 243 Å². The fourth-order valence-electron chi connectivity index (χ4n) is 18.3. The van der Waals surface area contributed by atoms with Gasteiger partial charge in [0.1, 0.15) is 82.5 Å². The highest BCUT2D eigenvalue weighted by Crippen LogP contribution is 2.46. The first-order chi connectivity index (χ1) is 70.2. The standard InChI is InChI=1S/C112H151ClN14O22S/c1-24-36-83(95(130)121-87(59-72-47-51-76(52-48-72)145-107(10,11)12)98(133)122-88(60-73-64-127(106(140)141)90-44-32-29-39-78(73)90)99(134)123-89(58-66(3)4)102(137)147-112(74-37-27-26-28-38-74,75-49-45-67(5)46-50-75)81-40-30-31-41-82(81)113)118-97(132)86(53-54-92(128)146-108(13,14)15)119-96(131)84(43-35-56-115-103(114)125-150(142,143)93-69(7)68(6)79-62-111(22,23)63-80(79)70(93)8)120-100(135)91-61-77(144-57-25-2)65-126(91)101(136)71(9)117-94(129)85(124-105(139)149-110(19,20)21)42-33-34-55-116-104(138)148-109(16,17)18/h24-32,37-41,44-52,64,66,71,77,83-89,91H,1-2,33-36,42-43,53-63,65H2,3-23H3,(H,116,138)(H,117,129)(H,118,132)(H,119,131)(H,120,135)(H,121,130)(H,122,133)(H,123,134)(H,124,139)(H,140,141)(H3,114,115,125)/t71-,77+,83-,84-,85-,86-,87-,88-,89-,91-,112?/m0/s1. The van der Waals surface area contributed by atoms with Crippen molar-refractivity contribution in [2.75, 3.05) is 26.2 Å². The number of likely N-dealkylation sites (tertiary alicyclic amines) is 1. The van der Waals surface area contributed by atoms with Crippen LogP contribution in [0.2, 0.25) is 5.02 Å². The Balaban J connectivity index is 1.06. The molecule has 0 saturated carbocycles. The van der Waals surface area contributed by atoms with Crippen molar-refractivity contribution in [3.8, 4) is 5.75 Å². The quantitative estimate of drug-likeness (QED) is 0.00320. The second-order valence-electron chi connectivity index (χ2n) is 43.6. The van der Waals surface area contributed by atoms with Gasteiger partial charge in [0.05, 0.1) is 23.1 Å². The molecule has 0 bridgehead atoms. The van der Waals surface area contributed by atoms with Gasteiger partial charge < -0.3 is 91.6 Å². The van der Waals surface area contributed by atoms with Crippen LogP contribution in [-0.2, 0) is 113 Å². The average molecular weight is 2110 g/mol. The van der Waals surface area contributed by atoms with Gasteiger partial charge in [-0.1, -0.05) is 160 Å². The third-order valence-electron chi connectivity index (χ3n) is 25.2. The van der Waals surface area contributed by atoms with Crippen molar-refractivity contribution in [2.24, 2.45) is 11.3 Å². The van der Waals surface area contributed by atoms with Crippen LogP contribution in [0, 0.1) is 44.4 Å². The van der Waals surface area contributed by atoms with Crippen molar-refractivity contribution < 1.29 is 104 Å². The van der Waals surface area contributed by atoms with Crippen LogP contribution in [0.15, 0.2) is 164 Å². The third kappa shape index (κ3) is 34.4. The number of benzene rings is 6. The number of carbonyl (C=O) groups excluding carboxylic acids is 12. The Morgan fingerprint density at radius 3 is 1.67 bits per heavy atom. The number of esters is 2. The Morgan fingerprint density at radius 2 is 1.07 bits per heavy atom. The molecule has 9 rings (SSSR count). The number of aromatic nitrogens is 1. The SMILES string of the molecule is C=CCO[C@@H]1C[C@@H](C(=O)N[C@@H](CCCNC(=N)NS(=O)(=O)c2c(C)c(C)c3c(c2C)CC(C)(C)C3)C(=O)N[C@@H](CCC(=O)OC(C)(C)C)C(=O)N[C@@H](CC=C)C(=O)N[C@@H](Cc2ccc(OC(C)(C)C)cc2)C(=O)N[C@@H](Cc2cn(C(=O)O)c3ccccc23)C(=O)N[C@@H](CC(C)C)C(=O)OC(c2ccccc2)(c2ccc(C)cc2)c2ccccc2Cl)N(C(=O)[C@H](C)NC(=O)[C@H](CCCCNC(=O)OC(C)(C)C)NC(=O)OC(C)(C)C)C1. The first kappa shape index (κ1) is 120. The lowest BCUT2D eigenvalue weighted by Gasteiger charge is -2.37. The molecule has 150 heavy (non-hydrogen) atoms. The zero-order valence-electron chi connectivity index (χ0n) is 90.1. The summed E-state index contributed by atoms with van der Waals surface area (Å²) < 4.78 is 68.1. The van der Waals surface area contributed by atoms with Crippen LogP contribution in [0.5, 0.6) is 5.75 Å². The number of para-hydroxylation sites is 1. The lowest BCUT2D eigenvalue weighted by Crippen LogP contribution is -2.60. The number of amides is 10. The van der Waals surface area contributed by atoms with E-state index in [0.717, 1.165) is 38.1 Å². The van der Waals surface area contributed by atoms with E-state index < -0.39 is 208 Å². The Labute approximate surface area is 885 Å². The lowest BCUT2D eigenvalue weighted by atomic mass is 9.79. The topological polar surface area (TPSA) is 496 Å². The molecule has 0 radical (unpaired) electrons. The number of sulfonamides is 1. The van der Waals surface area contributed by atoms with Crippen LogP contribution >= 0.6 is 11.6 Å². The first-order valence-corrected chi connectivity index (χ1v) is 52.7. The van der Waals surface area contributed by atoms with Crippen molar-refractivity contribution >= 4 is 116 Å². The number of hydrogen-bond donors (Lipinski definition) is 13. The molecule has 36 nitrogen and oxygen atoms in total. The molecule has 10 amide bonds. The molecule has 0 spiro atoms. The van der Waals surface area contributed by atoms with Gasteiger partial charge in [-0.15, -0.1) is 13.2 Å². The molecular weight excluding hydrogens is 1960 g/mol. The third-order valence-corrected chi connectivity index (χ3v) is 27.2. The number of aryl methyl sites for hydroxylation is 1. The maximum atomic E-state index is 16.0. The molecule has 38 heteroatoms. The fourth-order valence-corrected chi connectivity index (χ4v) is 20.1. The van der Waals surface area contributed by atoms with Crippen LogP contribution in [0.4, 0.5) is 14.4 Å². The Kier molecular flexibility index (Phi) is 41.7. The number of hydrogen-bond acceptors (Lipinski definition) is 22. The van der Waals surface area contributed by atoms with E-state index in [1.807, 2.05) is 72.7 Å². The minimum absolute atomic E-state index is 0.00922. The van der Waals surface area contributed by atoms with Gasteiger partial charge in [0, 0.05) is 78.6 Å². The maximum Gasteiger partial charge on any atom is 0.416 e. The van der Waals surface area contributed by atoms with E-state index in [1.165, 1.54) is 25.3 Å². The van der Waals surface area contributed by atoms with Gasteiger partial charge >= 0.3 is 30.2 Å². The summed E-state index contributed by atoms with van der Waals surface area (Å²) in [6.45, 7) is 44.0. The molecule has 1 fully saturated rings. The number of rotatable bonds is 47. The summed E-state index contributed by atoms with van der Waals surface area (Å²) in [5.41, 5.74) is 1.61. The van der Waals surface area contributed by atoms with E-state index in [4.69, 9.17) is 45.4 Å². The number of halogens is 1. The fraction of sp³-hybridized carbons (Fsp3) is 0.500. The zero-order valence-corrected chi connectivity index (χ0v) is 91.6. The van der Waals surface area contributed by atoms with E-state index >= 15 is 38.4 Å². The molecule has 2 heterocycles. The van der Waals surface area contributed by atoms with Gasteiger partial charge in [0.15, 0.2) is 5.60 Å². The monoisotopic (exact) mass is 2110 g/mol. The van der Waals surface area contributed by atoms with Crippen molar-refractivity contribution in [1.82, 2.24) is 67.4 Å². The Bertz CT molecular complexity index is 6160. The molecule has 2 aliphatic rings. The molecule has 6 aromatic carbocycles. The highest BCUT2D eigenvalue weighted by atomic mass is 35.5. The maximum absolute atomic E-state index is 16.0. The summed E-state index contributed by atoms with van der Waals surface area (Å²) in [4.78, 5) is 194. The minimum atomic E-state index is -4.44. The molecule has 1 saturated heterocycles. The molecule has 1 aromatic heterocycles. The van der Waals surface area contributed by atoms with Crippen LogP contribution in [-0.4, -0.2) is 216 Å². The van der Waals surface area contributed by atoms with E-state index in [1.54, 1.807) is 179 Å². The van der Waals surface area contributed by atoms with Crippen LogP contribution in [0.3, 0.4) is 0 Å². The second-order valence-corrected chi connectivity index (χ2v) is 45.6. The molecule has 7 aromatic rings. The highest BCUT2D eigenvalue weighted by molar-refractivity contribution is 7.90. The van der Waals surface area contributed by atoms with Crippen LogP contribution < -0.4 is 62.6 Å². The number of nitrogens with one attached hydrogen (secondary N) is 12. The summed E-state index contributed by atoms with van der Waals surface area (Å²) in [5, 5.41) is 47.7. The van der Waals surface area contributed by atoms with E-state index in [2.05, 4.69) is 84.9 Å². The van der Waals surface area contributed by atoms with E-state index in [-0.39, 0.29) is 104 Å². The van der Waals surface area contributed by atoms with Crippen molar-refractivity contribution in [1.29, 1.82) is 5.41 Å². The number of alkyl carbamates (subject to hydrolysis) is 2. The summed E-state index contributed by atoms with van der Waals surface area (Å²) in [5.74, 6) is -10.1. The number of nitrogens with zero attached hydrogens (tertiary/aromatic N) is 2. The average Bonchev–Trinajstić information content (AvgIpc) is 1.19. The second kappa shape index (κ2) is 52.2. The number of guanidine groups is 1. The molecule has 11 atom stereocenters. The van der Waals surface area contributed by atoms with Gasteiger partial charge in [-0.05, 0) is 256 Å². The zero-order chi connectivity index (χ0) is 111. The number of carboxylic acid groups (broad SMARTS) is 1. The van der Waals surface area contributed by atoms with Gasteiger partial charge in [0.2, 0.25) is 53.2 Å².